The van der Waals surface area contributed by atoms with Gasteiger partial charge in [-0.2, -0.15) is 0 Å². The number of allylic oxidation sites excluding steroid dienone is 1. The Morgan fingerprint density at radius 2 is 1.10 bits per heavy atom. The number of aliphatic hydroxyl groups is 1. The highest BCUT2D eigenvalue weighted by molar-refractivity contribution is 5.87. The topological polar surface area (TPSA) is 142 Å². The molecular weight excluding hydrogens is 608 g/mol. The van der Waals surface area contributed by atoms with Crippen LogP contribution in [-0.2, 0) is 23.9 Å². The predicted octanol–water partition coefficient (Wildman–Crippen LogP) is 8.70. The van der Waals surface area contributed by atoms with Gasteiger partial charge in [-0.1, -0.05) is 148 Å². The van der Waals surface area contributed by atoms with Crippen LogP contribution in [0.4, 0.5) is 0 Å². The molecule has 0 fully saturated rings. The van der Waals surface area contributed by atoms with Gasteiger partial charge in [0.1, 0.15) is 12.1 Å². The minimum atomic E-state index is -1.39. The van der Waals surface area contributed by atoms with Crippen molar-refractivity contribution in [3.63, 3.8) is 0 Å². The van der Waals surface area contributed by atoms with E-state index >= 15 is 0 Å². The van der Waals surface area contributed by atoms with Crippen LogP contribution in [-0.4, -0.2) is 59.3 Å². The molecule has 48 heavy (non-hydrogen) atoms. The Balaban J connectivity index is 3.98. The highest BCUT2D eigenvalue weighted by atomic mass is 16.5. The average Bonchev–Trinajstić information content (AvgIpc) is 3.07. The highest BCUT2D eigenvalue weighted by Crippen LogP contribution is 2.16. The molecule has 0 aromatic heterocycles. The molecule has 0 saturated heterocycles. The summed E-state index contributed by atoms with van der Waals surface area (Å²) in [6, 6.07) is -1.39. The largest absolute Gasteiger partial charge is 0.480 e. The zero-order valence-corrected chi connectivity index (χ0v) is 30.8. The molecule has 9 nitrogen and oxygen atoms in total. The van der Waals surface area contributed by atoms with Crippen molar-refractivity contribution in [2.45, 2.75) is 199 Å². The molecule has 0 aliphatic carbocycles. The third-order valence-corrected chi connectivity index (χ3v) is 8.75. The Kier molecular flexibility index (Phi) is 32.7. The Bertz CT molecular complexity index is 833. The fourth-order valence-corrected chi connectivity index (χ4v) is 5.67. The number of rotatable bonds is 35. The van der Waals surface area contributed by atoms with Crippen molar-refractivity contribution in [1.29, 1.82) is 0 Å². The van der Waals surface area contributed by atoms with Crippen molar-refractivity contribution in [2.24, 2.45) is 0 Å². The number of hydrogen-bond acceptors (Lipinski definition) is 6. The summed E-state index contributed by atoms with van der Waals surface area (Å²) in [5.74, 6) is -2.40. The van der Waals surface area contributed by atoms with Gasteiger partial charge in [0.05, 0.1) is 13.2 Å². The fraction of sp³-hybridized carbons (Fsp3) is 0.846. The fourth-order valence-electron chi connectivity index (χ4n) is 5.67. The standard InChI is InChI=1S/C39H72N2O7/c1-3-5-7-9-10-11-12-13-14-15-16-17-18-19-20-21-27-31-38(45)48-34(28-24-8-6-4-2)29-25-22-23-26-30-36(43)40-32-37(44)41-35(33-42)39(46)47/h24,28,34-35,42H,3-23,25-27,29-33H2,1-2H3,(H,40,43)(H,41,44)(H,46,47)/b28-24-. The second-order valence-electron chi connectivity index (χ2n) is 13.4. The van der Waals surface area contributed by atoms with Crippen LogP contribution in [0, 0.1) is 0 Å². The first-order valence-electron chi connectivity index (χ1n) is 19.6. The summed E-state index contributed by atoms with van der Waals surface area (Å²) in [6.45, 7) is 3.38. The molecule has 0 aliphatic rings. The SMILES string of the molecule is CCCC/C=C\C(CCCCCCC(=O)NCC(=O)NC(CO)C(=O)O)OC(=O)CCCCCCCCCCCCCCCCCCC. The molecule has 0 saturated carbocycles. The summed E-state index contributed by atoms with van der Waals surface area (Å²) in [6.07, 6.45) is 34.3. The molecule has 2 unspecified atom stereocenters. The van der Waals surface area contributed by atoms with E-state index < -0.39 is 24.5 Å². The molecule has 0 aromatic carbocycles. The summed E-state index contributed by atoms with van der Waals surface area (Å²) in [4.78, 5) is 47.2. The van der Waals surface area contributed by atoms with Gasteiger partial charge in [0.15, 0.2) is 0 Å². The number of amides is 2. The number of hydrogen-bond donors (Lipinski definition) is 4. The van der Waals surface area contributed by atoms with Crippen molar-refractivity contribution < 1.29 is 34.1 Å². The van der Waals surface area contributed by atoms with Gasteiger partial charge in [0, 0.05) is 12.8 Å². The number of carboxylic acids is 1. The lowest BCUT2D eigenvalue weighted by Gasteiger charge is -2.15. The second kappa shape index (κ2) is 34.4. The lowest BCUT2D eigenvalue weighted by atomic mass is 10.0. The van der Waals surface area contributed by atoms with E-state index in [0.29, 0.717) is 12.8 Å². The quantitative estimate of drug-likeness (QED) is 0.0298. The first kappa shape index (κ1) is 45.6. The Morgan fingerprint density at radius 3 is 1.60 bits per heavy atom. The van der Waals surface area contributed by atoms with Crippen molar-refractivity contribution >= 4 is 23.8 Å². The number of esters is 1. The zero-order valence-electron chi connectivity index (χ0n) is 30.8. The van der Waals surface area contributed by atoms with E-state index in [-0.39, 0.29) is 30.9 Å². The molecule has 0 radical (unpaired) electrons. The lowest BCUT2D eigenvalue weighted by molar-refractivity contribution is -0.147. The van der Waals surface area contributed by atoms with E-state index in [4.69, 9.17) is 14.9 Å². The summed E-state index contributed by atoms with van der Waals surface area (Å²) in [5, 5.41) is 22.4. The van der Waals surface area contributed by atoms with Gasteiger partial charge in [0.2, 0.25) is 11.8 Å². The van der Waals surface area contributed by atoms with E-state index in [0.717, 1.165) is 57.8 Å². The molecule has 0 aromatic rings. The number of nitrogens with one attached hydrogen (secondary N) is 2. The van der Waals surface area contributed by atoms with E-state index in [9.17, 15) is 19.2 Å². The first-order valence-corrected chi connectivity index (χ1v) is 19.6. The van der Waals surface area contributed by atoms with Crippen LogP contribution in [0.25, 0.3) is 0 Å². The van der Waals surface area contributed by atoms with Crippen molar-refractivity contribution in [3.05, 3.63) is 12.2 Å². The van der Waals surface area contributed by atoms with Gasteiger partial charge in [-0.3, -0.25) is 14.4 Å². The van der Waals surface area contributed by atoms with Crippen LogP contribution in [0.5, 0.6) is 0 Å². The van der Waals surface area contributed by atoms with Crippen LogP contribution in [0.2, 0.25) is 0 Å². The van der Waals surface area contributed by atoms with Crippen LogP contribution < -0.4 is 10.6 Å². The van der Waals surface area contributed by atoms with Crippen molar-refractivity contribution in [3.8, 4) is 0 Å². The monoisotopic (exact) mass is 681 g/mol. The minimum absolute atomic E-state index is 0.115. The number of unbranched alkanes of at least 4 members (excludes halogenated alkanes) is 21. The van der Waals surface area contributed by atoms with Crippen LogP contribution in [0.1, 0.15) is 187 Å². The molecule has 9 heteroatoms. The Labute approximate surface area is 292 Å². The third-order valence-electron chi connectivity index (χ3n) is 8.75. The van der Waals surface area contributed by atoms with Gasteiger partial charge in [0.25, 0.3) is 0 Å². The maximum atomic E-state index is 12.6. The van der Waals surface area contributed by atoms with Gasteiger partial charge in [-0.25, -0.2) is 4.79 Å². The highest BCUT2D eigenvalue weighted by Gasteiger charge is 2.18. The summed E-state index contributed by atoms with van der Waals surface area (Å²) in [5.41, 5.74) is 0. The van der Waals surface area contributed by atoms with Crippen LogP contribution >= 0.6 is 0 Å². The van der Waals surface area contributed by atoms with E-state index in [1.807, 2.05) is 6.08 Å². The van der Waals surface area contributed by atoms with Gasteiger partial charge < -0.3 is 25.6 Å². The summed E-state index contributed by atoms with van der Waals surface area (Å²) in [7, 11) is 0. The van der Waals surface area contributed by atoms with E-state index in [1.165, 1.54) is 96.3 Å². The Morgan fingerprint density at radius 1 is 0.625 bits per heavy atom. The molecule has 0 rings (SSSR count). The first-order chi connectivity index (χ1) is 23.3. The van der Waals surface area contributed by atoms with Gasteiger partial charge in [-0.15, -0.1) is 0 Å². The molecule has 0 aliphatic heterocycles. The number of aliphatic hydroxyl groups excluding tert-OH is 1. The molecule has 0 bridgehead atoms. The minimum Gasteiger partial charge on any atom is -0.480 e. The molecule has 2 atom stereocenters. The van der Waals surface area contributed by atoms with E-state index in [1.54, 1.807) is 0 Å². The molecule has 280 valence electrons. The van der Waals surface area contributed by atoms with Crippen molar-refractivity contribution in [1.82, 2.24) is 10.6 Å². The molecular formula is C39H72N2O7. The number of aliphatic carboxylic acids is 1. The number of carbonyl (C=O) groups is 4. The van der Waals surface area contributed by atoms with Gasteiger partial charge in [-0.05, 0) is 38.2 Å². The molecule has 0 spiro atoms. The third kappa shape index (κ3) is 30.9. The van der Waals surface area contributed by atoms with E-state index in [2.05, 4.69) is 30.6 Å². The number of carboxylic acid groups (broad SMARTS) is 1. The average molecular weight is 681 g/mol. The van der Waals surface area contributed by atoms with Gasteiger partial charge >= 0.3 is 11.9 Å². The second-order valence-corrected chi connectivity index (χ2v) is 13.4. The lowest BCUT2D eigenvalue weighted by Crippen LogP contribution is -2.47. The predicted molar refractivity (Wildman–Crippen MR) is 195 cm³/mol. The zero-order chi connectivity index (χ0) is 35.5. The normalized spacial score (nSPS) is 12.6. The van der Waals surface area contributed by atoms with Crippen LogP contribution in [0.15, 0.2) is 12.2 Å². The summed E-state index contributed by atoms with van der Waals surface area (Å²) >= 11 is 0. The summed E-state index contributed by atoms with van der Waals surface area (Å²) < 4.78 is 5.83. The number of carbonyl (C=O) groups excluding carboxylic acids is 3. The maximum absolute atomic E-state index is 12.6. The maximum Gasteiger partial charge on any atom is 0.328 e. The number of ether oxygens (including phenoxy) is 1. The van der Waals surface area contributed by atoms with Crippen molar-refractivity contribution in [2.75, 3.05) is 13.2 Å². The Hall–Kier alpha value is -2.42. The molecule has 2 amide bonds. The molecule has 4 N–H and O–H groups in total. The molecule has 0 heterocycles. The van der Waals surface area contributed by atoms with Crippen LogP contribution in [0.3, 0.4) is 0 Å². The smallest absolute Gasteiger partial charge is 0.328 e.